The number of likely N-dealkylation sites (tertiary alicyclic amines) is 1. The maximum absolute atomic E-state index is 11.2. The van der Waals surface area contributed by atoms with Gasteiger partial charge in [-0.05, 0) is 32.9 Å². The molecule has 16 heavy (non-hydrogen) atoms. The van der Waals surface area contributed by atoms with Crippen LogP contribution in [0, 0.1) is 11.8 Å². The molecule has 4 nitrogen and oxygen atoms in total. The third-order valence-corrected chi connectivity index (χ3v) is 2.71. The first-order chi connectivity index (χ1) is 7.77. The number of carbonyl (C=O) groups excluding carboxylic acids is 1. The molecule has 0 aromatic heterocycles. The summed E-state index contributed by atoms with van der Waals surface area (Å²) >= 11 is 0. The second-order valence-corrected chi connectivity index (χ2v) is 3.82. The van der Waals surface area contributed by atoms with Crippen LogP contribution in [0.2, 0.25) is 0 Å². The van der Waals surface area contributed by atoms with Gasteiger partial charge < -0.3 is 4.74 Å². The third-order valence-electron chi connectivity index (χ3n) is 2.71. The summed E-state index contributed by atoms with van der Waals surface area (Å²) in [6.45, 7) is 6.13. The fourth-order valence-electron chi connectivity index (χ4n) is 1.69. The molecule has 4 heteroatoms. The van der Waals surface area contributed by atoms with Crippen LogP contribution >= 0.6 is 0 Å². The van der Waals surface area contributed by atoms with Crippen LogP contribution < -0.4 is 0 Å². The van der Waals surface area contributed by atoms with Gasteiger partial charge in [0.05, 0.1) is 20.2 Å². The van der Waals surface area contributed by atoms with Crippen molar-refractivity contribution in [1.29, 1.82) is 0 Å². The zero-order chi connectivity index (χ0) is 11.8. The molecule has 0 aromatic rings. The van der Waals surface area contributed by atoms with E-state index in [-0.39, 0.29) is 6.09 Å². The number of ether oxygens (including phenoxy) is 1. The van der Waals surface area contributed by atoms with Gasteiger partial charge in [0.15, 0.2) is 0 Å². The largest absolute Gasteiger partial charge is 0.453 e. The van der Waals surface area contributed by atoms with Crippen LogP contribution in [0.5, 0.6) is 0 Å². The molecule has 0 aliphatic carbocycles. The summed E-state index contributed by atoms with van der Waals surface area (Å²) in [4.78, 5) is 15.1. The standard InChI is InChI=1S/C12H20N2O2/c1-3-14(12(15)16-2)11-7-6-10-13-8-4-5-9-13/h3-5,8-11H2,1-2H3. The Bertz CT molecular complexity index is 274. The van der Waals surface area contributed by atoms with E-state index in [1.54, 1.807) is 4.90 Å². The van der Waals surface area contributed by atoms with Gasteiger partial charge in [0.1, 0.15) is 0 Å². The lowest BCUT2D eigenvalue weighted by atomic mass is 10.4. The Morgan fingerprint density at radius 1 is 1.38 bits per heavy atom. The highest BCUT2D eigenvalue weighted by molar-refractivity contribution is 5.67. The maximum Gasteiger partial charge on any atom is 0.410 e. The summed E-state index contributed by atoms with van der Waals surface area (Å²) in [5.41, 5.74) is 0. The molecule has 1 aliphatic heterocycles. The lowest BCUT2D eigenvalue weighted by Gasteiger charge is -2.15. The van der Waals surface area contributed by atoms with E-state index in [9.17, 15) is 4.79 Å². The Morgan fingerprint density at radius 2 is 2.06 bits per heavy atom. The average molecular weight is 224 g/mol. The summed E-state index contributed by atoms with van der Waals surface area (Å²) in [5.74, 6) is 6.11. The van der Waals surface area contributed by atoms with E-state index in [1.807, 2.05) is 6.92 Å². The highest BCUT2D eigenvalue weighted by atomic mass is 16.5. The minimum Gasteiger partial charge on any atom is -0.453 e. The highest BCUT2D eigenvalue weighted by Crippen LogP contribution is 2.05. The fraction of sp³-hybridized carbons (Fsp3) is 0.750. The zero-order valence-electron chi connectivity index (χ0n) is 10.2. The Morgan fingerprint density at radius 3 is 2.62 bits per heavy atom. The second-order valence-electron chi connectivity index (χ2n) is 3.82. The molecule has 0 saturated carbocycles. The number of carbonyl (C=O) groups is 1. The Balaban J connectivity index is 2.25. The van der Waals surface area contributed by atoms with Gasteiger partial charge in [-0.25, -0.2) is 4.79 Å². The average Bonchev–Trinajstić information content (AvgIpc) is 2.81. The van der Waals surface area contributed by atoms with Crippen molar-refractivity contribution in [2.75, 3.05) is 39.8 Å². The van der Waals surface area contributed by atoms with Crippen molar-refractivity contribution in [3.63, 3.8) is 0 Å². The van der Waals surface area contributed by atoms with Gasteiger partial charge in [0.2, 0.25) is 0 Å². The van der Waals surface area contributed by atoms with Gasteiger partial charge in [-0.1, -0.05) is 11.8 Å². The number of methoxy groups -OCH3 is 1. The van der Waals surface area contributed by atoms with Gasteiger partial charge >= 0.3 is 6.09 Å². The molecular weight excluding hydrogens is 204 g/mol. The predicted molar refractivity (Wildman–Crippen MR) is 63.1 cm³/mol. The molecule has 0 bridgehead atoms. The second kappa shape index (κ2) is 7.13. The van der Waals surface area contributed by atoms with E-state index < -0.39 is 0 Å². The molecule has 0 radical (unpaired) electrons. The monoisotopic (exact) mass is 224 g/mol. The molecule has 1 amide bonds. The van der Waals surface area contributed by atoms with Crippen molar-refractivity contribution in [3.05, 3.63) is 0 Å². The van der Waals surface area contributed by atoms with Gasteiger partial charge in [0, 0.05) is 6.54 Å². The number of hydrogen-bond acceptors (Lipinski definition) is 3. The lowest BCUT2D eigenvalue weighted by molar-refractivity contribution is 0.131. The topological polar surface area (TPSA) is 32.8 Å². The molecule has 0 spiro atoms. The van der Waals surface area contributed by atoms with Crippen molar-refractivity contribution in [1.82, 2.24) is 9.80 Å². The molecular formula is C12H20N2O2. The Hall–Kier alpha value is -1.21. The number of rotatable bonds is 3. The van der Waals surface area contributed by atoms with Crippen molar-refractivity contribution in [2.45, 2.75) is 19.8 Å². The molecule has 0 aromatic carbocycles. The minimum atomic E-state index is -0.307. The van der Waals surface area contributed by atoms with Crippen LogP contribution in [0.25, 0.3) is 0 Å². The van der Waals surface area contributed by atoms with Crippen LogP contribution in [0.4, 0.5) is 4.79 Å². The van der Waals surface area contributed by atoms with Crippen molar-refractivity contribution < 1.29 is 9.53 Å². The molecule has 1 aliphatic rings. The van der Waals surface area contributed by atoms with E-state index >= 15 is 0 Å². The maximum atomic E-state index is 11.2. The van der Waals surface area contributed by atoms with Crippen molar-refractivity contribution >= 4 is 6.09 Å². The van der Waals surface area contributed by atoms with E-state index in [4.69, 9.17) is 0 Å². The van der Waals surface area contributed by atoms with Gasteiger partial charge in [0.25, 0.3) is 0 Å². The Labute approximate surface area is 97.5 Å². The normalized spacial score (nSPS) is 15.4. The van der Waals surface area contributed by atoms with Crippen LogP contribution in [0.3, 0.4) is 0 Å². The van der Waals surface area contributed by atoms with Crippen molar-refractivity contribution in [2.24, 2.45) is 0 Å². The first-order valence-corrected chi connectivity index (χ1v) is 5.79. The zero-order valence-corrected chi connectivity index (χ0v) is 10.2. The smallest absolute Gasteiger partial charge is 0.410 e. The molecule has 0 N–H and O–H groups in total. The fourth-order valence-corrected chi connectivity index (χ4v) is 1.69. The lowest BCUT2D eigenvalue weighted by Crippen LogP contribution is -2.31. The van der Waals surface area contributed by atoms with E-state index in [0.717, 1.165) is 19.6 Å². The van der Waals surface area contributed by atoms with Gasteiger partial charge in [-0.3, -0.25) is 9.80 Å². The summed E-state index contributed by atoms with van der Waals surface area (Å²) in [5, 5.41) is 0. The molecule has 90 valence electrons. The van der Waals surface area contributed by atoms with Crippen LogP contribution in [0.1, 0.15) is 19.8 Å². The van der Waals surface area contributed by atoms with Gasteiger partial charge in [-0.2, -0.15) is 0 Å². The molecule has 1 fully saturated rings. The quantitative estimate of drug-likeness (QED) is 0.675. The summed E-state index contributed by atoms with van der Waals surface area (Å²) < 4.78 is 4.64. The van der Waals surface area contributed by atoms with Crippen LogP contribution in [0.15, 0.2) is 0 Å². The highest BCUT2D eigenvalue weighted by Gasteiger charge is 2.10. The first-order valence-electron chi connectivity index (χ1n) is 5.79. The SMILES string of the molecule is CCN(CC#CCN1CCCC1)C(=O)OC. The number of amides is 1. The molecule has 1 heterocycles. The number of nitrogens with zero attached hydrogens (tertiary/aromatic N) is 2. The van der Waals surface area contributed by atoms with E-state index in [1.165, 1.54) is 20.0 Å². The summed E-state index contributed by atoms with van der Waals surface area (Å²) in [6.07, 6.45) is 2.26. The molecule has 0 atom stereocenters. The predicted octanol–water partition coefficient (Wildman–Crippen LogP) is 1.17. The summed E-state index contributed by atoms with van der Waals surface area (Å²) in [7, 11) is 1.39. The molecule has 0 unspecified atom stereocenters. The molecule has 1 saturated heterocycles. The summed E-state index contributed by atoms with van der Waals surface area (Å²) in [6, 6.07) is 0. The van der Waals surface area contributed by atoms with Gasteiger partial charge in [-0.15, -0.1) is 0 Å². The van der Waals surface area contributed by atoms with E-state index in [0.29, 0.717) is 13.1 Å². The van der Waals surface area contributed by atoms with Crippen molar-refractivity contribution in [3.8, 4) is 11.8 Å². The third kappa shape index (κ3) is 4.11. The van der Waals surface area contributed by atoms with E-state index in [2.05, 4.69) is 21.5 Å². The number of hydrogen-bond donors (Lipinski definition) is 0. The van der Waals surface area contributed by atoms with Crippen LogP contribution in [-0.2, 0) is 4.74 Å². The first kappa shape index (κ1) is 12.9. The Kier molecular flexibility index (Phi) is 5.73. The molecule has 1 rings (SSSR count). The van der Waals surface area contributed by atoms with Crippen LogP contribution in [-0.4, -0.2) is 55.7 Å². The minimum absolute atomic E-state index is 0.307.